The third-order valence-electron chi connectivity index (χ3n) is 2.68. The number of hydrogen-bond acceptors (Lipinski definition) is 2. The molecule has 1 fully saturated rings. The van der Waals surface area contributed by atoms with Gasteiger partial charge in [0.05, 0.1) is 11.7 Å². The normalized spacial score (nSPS) is 18.2. The van der Waals surface area contributed by atoms with Crippen LogP contribution in [-0.4, -0.2) is 27.8 Å². The van der Waals surface area contributed by atoms with Crippen LogP contribution in [0.5, 0.6) is 0 Å². The minimum absolute atomic E-state index is 0.104. The van der Waals surface area contributed by atoms with E-state index in [4.69, 9.17) is 0 Å². The molecule has 0 aromatic carbocycles. The van der Waals surface area contributed by atoms with Gasteiger partial charge in [-0.25, -0.2) is 0 Å². The van der Waals surface area contributed by atoms with Crippen molar-refractivity contribution < 1.29 is 0 Å². The second-order valence-corrected chi connectivity index (χ2v) is 5.09. The first-order chi connectivity index (χ1) is 6.55. The van der Waals surface area contributed by atoms with Gasteiger partial charge in [-0.2, -0.15) is 5.10 Å². The molecule has 1 aliphatic heterocycles. The second kappa shape index (κ2) is 3.39. The summed E-state index contributed by atoms with van der Waals surface area (Å²) in [4.78, 5) is 2.45. The molecule has 0 radical (unpaired) electrons. The molecule has 0 unspecified atom stereocenters. The van der Waals surface area contributed by atoms with E-state index in [2.05, 4.69) is 37.0 Å². The fraction of sp³-hybridized carbons (Fsp3) is 0.727. The maximum absolute atomic E-state index is 4.39. The van der Waals surface area contributed by atoms with Gasteiger partial charge in [-0.1, -0.05) is 0 Å². The summed E-state index contributed by atoms with van der Waals surface area (Å²) >= 11 is 0. The van der Waals surface area contributed by atoms with Crippen LogP contribution in [0.1, 0.15) is 32.8 Å². The predicted molar refractivity (Wildman–Crippen MR) is 57.1 cm³/mol. The number of nitrogens with zero attached hydrogens (tertiary/aromatic N) is 3. The highest BCUT2D eigenvalue weighted by Crippen LogP contribution is 2.16. The van der Waals surface area contributed by atoms with Gasteiger partial charge in [-0.05, 0) is 40.3 Å². The molecule has 2 rings (SSSR count). The molecule has 3 nitrogen and oxygen atoms in total. The minimum atomic E-state index is 0.104. The van der Waals surface area contributed by atoms with Gasteiger partial charge >= 0.3 is 0 Å². The zero-order valence-corrected chi connectivity index (χ0v) is 9.32. The van der Waals surface area contributed by atoms with Crippen molar-refractivity contribution in [3.63, 3.8) is 0 Å². The van der Waals surface area contributed by atoms with Crippen molar-refractivity contribution >= 4 is 0 Å². The van der Waals surface area contributed by atoms with Gasteiger partial charge in [0.1, 0.15) is 0 Å². The average molecular weight is 193 g/mol. The van der Waals surface area contributed by atoms with E-state index < -0.39 is 0 Å². The number of likely N-dealkylation sites (tertiary alicyclic amines) is 1. The third kappa shape index (κ3) is 1.98. The van der Waals surface area contributed by atoms with E-state index in [0.29, 0.717) is 0 Å². The molecule has 0 bridgehead atoms. The Morgan fingerprint density at radius 2 is 2.07 bits per heavy atom. The number of rotatable bonds is 2. The summed E-state index contributed by atoms with van der Waals surface area (Å²) in [5.41, 5.74) is 1.44. The molecule has 3 heteroatoms. The largest absolute Gasteiger partial charge is 0.299 e. The summed E-state index contributed by atoms with van der Waals surface area (Å²) in [6.07, 6.45) is 5.51. The van der Waals surface area contributed by atoms with Crippen molar-refractivity contribution in [2.75, 3.05) is 13.1 Å². The lowest BCUT2D eigenvalue weighted by atomic mass is 10.1. The zero-order valence-electron chi connectivity index (χ0n) is 9.32. The molecule has 14 heavy (non-hydrogen) atoms. The Morgan fingerprint density at radius 3 is 2.50 bits per heavy atom. The maximum Gasteiger partial charge on any atom is 0.0543 e. The van der Waals surface area contributed by atoms with E-state index in [0.717, 1.165) is 6.54 Å². The van der Waals surface area contributed by atoms with Crippen LogP contribution in [0.25, 0.3) is 0 Å². The Kier molecular flexibility index (Phi) is 2.35. The van der Waals surface area contributed by atoms with Gasteiger partial charge in [-0.3, -0.25) is 9.58 Å². The molecular formula is C11H19N3. The highest BCUT2D eigenvalue weighted by molar-refractivity contribution is 5.05. The zero-order chi connectivity index (χ0) is 10.2. The highest BCUT2D eigenvalue weighted by atomic mass is 15.3. The van der Waals surface area contributed by atoms with Crippen molar-refractivity contribution in [2.24, 2.45) is 0 Å². The number of aromatic nitrogens is 2. The fourth-order valence-electron chi connectivity index (χ4n) is 1.61. The maximum atomic E-state index is 4.39. The molecule has 1 saturated heterocycles. The van der Waals surface area contributed by atoms with E-state index in [1.807, 2.05) is 10.9 Å². The Hall–Kier alpha value is -0.830. The van der Waals surface area contributed by atoms with Gasteiger partial charge in [0.15, 0.2) is 0 Å². The molecule has 1 aliphatic rings. The summed E-state index contributed by atoms with van der Waals surface area (Å²) in [7, 11) is 0. The van der Waals surface area contributed by atoms with Crippen LogP contribution in [0.3, 0.4) is 0 Å². The standard InChI is InChI=1S/C11H19N3/c1-11(2,3)14-9-10(7-12-14)8-13-5-4-6-13/h7,9H,4-6,8H2,1-3H3. The molecule has 78 valence electrons. The molecule has 0 N–H and O–H groups in total. The molecule has 0 atom stereocenters. The Balaban J connectivity index is 2.02. The van der Waals surface area contributed by atoms with Gasteiger partial charge < -0.3 is 0 Å². The highest BCUT2D eigenvalue weighted by Gasteiger charge is 2.17. The molecular weight excluding hydrogens is 174 g/mol. The molecule has 1 aromatic heterocycles. The third-order valence-corrected chi connectivity index (χ3v) is 2.68. The summed E-state index contributed by atoms with van der Waals surface area (Å²) in [6.45, 7) is 10.1. The van der Waals surface area contributed by atoms with Crippen LogP contribution < -0.4 is 0 Å². The van der Waals surface area contributed by atoms with E-state index in [9.17, 15) is 0 Å². The van der Waals surface area contributed by atoms with Crippen LogP contribution in [-0.2, 0) is 12.1 Å². The summed E-state index contributed by atoms with van der Waals surface area (Å²) in [5.74, 6) is 0. The van der Waals surface area contributed by atoms with Crippen LogP contribution in [0.4, 0.5) is 0 Å². The molecule has 0 saturated carbocycles. The number of hydrogen-bond donors (Lipinski definition) is 0. The van der Waals surface area contributed by atoms with Crippen LogP contribution in [0.2, 0.25) is 0 Å². The second-order valence-electron chi connectivity index (χ2n) is 5.09. The quantitative estimate of drug-likeness (QED) is 0.714. The van der Waals surface area contributed by atoms with Gasteiger partial charge in [0, 0.05) is 18.3 Å². The van der Waals surface area contributed by atoms with Crippen molar-refractivity contribution in [3.8, 4) is 0 Å². The lowest BCUT2D eigenvalue weighted by Crippen LogP contribution is -2.36. The Labute approximate surface area is 85.7 Å². The summed E-state index contributed by atoms with van der Waals surface area (Å²) < 4.78 is 2.04. The molecule has 0 amide bonds. The summed E-state index contributed by atoms with van der Waals surface area (Å²) in [5, 5.41) is 4.39. The van der Waals surface area contributed by atoms with Crippen molar-refractivity contribution in [2.45, 2.75) is 39.3 Å². The first-order valence-corrected chi connectivity index (χ1v) is 5.32. The van der Waals surface area contributed by atoms with Crippen LogP contribution >= 0.6 is 0 Å². The minimum Gasteiger partial charge on any atom is -0.299 e. The molecule has 0 aliphatic carbocycles. The van der Waals surface area contributed by atoms with Crippen molar-refractivity contribution in [3.05, 3.63) is 18.0 Å². The smallest absolute Gasteiger partial charge is 0.0543 e. The van der Waals surface area contributed by atoms with Gasteiger partial charge in [-0.15, -0.1) is 0 Å². The van der Waals surface area contributed by atoms with Crippen molar-refractivity contribution in [1.82, 2.24) is 14.7 Å². The lowest BCUT2D eigenvalue weighted by molar-refractivity contribution is 0.172. The van der Waals surface area contributed by atoms with Gasteiger partial charge in [0.2, 0.25) is 0 Å². The Bertz CT molecular complexity index is 305. The first-order valence-electron chi connectivity index (χ1n) is 5.32. The summed E-state index contributed by atoms with van der Waals surface area (Å²) in [6, 6.07) is 0. The molecule has 1 aromatic rings. The van der Waals surface area contributed by atoms with Crippen LogP contribution in [0, 0.1) is 0 Å². The molecule has 2 heterocycles. The average Bonchev–Trinajstić information content (AvgIpc) is 2.43. The fourth-order valence-corrected chi connectivity index (χ4v) is 1.61. The van der Waals surface area contributed by atoms with Gasteiger partial charge in [0.25, 0.3) is 0 Å². The first kappa shape index (κ1) is 9.71. The van der Waals surface area contributed by atoms with E-state index in [1.54, 1.807) is 0 Å². The van der Waals surface area contributed by atoms with Crippen molar-refractivity contribution in [1.29, 1.82) is 0 Å². The van der Waals surface area contributed by atoms with E-state index in [-0.39, 0.29) is 5.54 Å². The SMILES string of the molecule is CC(C)(C)n1cc(CN2CCC2)cn1. The monoisotopic (exact) mass is 193 g/mol. The lowest BCUT2D eigenvalue weighted by Gasteiger charge is -2.30. The van der Waals surface area contributed by atoms with Crippen LogP contribution in [0.15, 0.2) is 12.4 Å². The van der Waals surface area contributed by atoms with E-state index in [1.165, 1.54) is 25.1 Å². The molecule has 0 spiro atoms. The topological polar surface area (TPSA) is 21.1 Å². The predicted octanol–water partition coefficient (Wildman–Crippen LogP) is 1.84. The Morgan fingerprint density at radius 1 is 1.36 bits per heavy atom. The van der Waals surface area contributed by atoms with E-state index >= 15 is 0 Å².